The average molecular weight is 377 g/mol. The average Bonchev–Trinajstić information content (AvgIpc) is 3.11. The summed E-state index contributed by atoms with van der Waals surface area (Å²) < 4.78 is 7.75. The third kappa shape index (κ3) is 2.77. The highest BCUT2D eigenvalue weighted by Gasteiger charge is 2.43. The first kappa shape index (κ1) is 16.7. The van der Waals surface area contributed by atoms with Gasteiger partial charge in [0.25, 0.3) is 5.91 Å². The third-order valence-electron chi connectivity index (χ3n) is 5.41. The van der Waals surface area contributed by atoms with Gasteiger partial charge in [-0.1, -0.05) is 29.5 Å². The summed E-state index contributed by atoms with van der Waals surface area (Å²) in [6, 6.07) is 14.8. The highest BCUT2D eigenvalue weighted by atomic mass is 16.5. The third-order valence-corrected chi connectivity index (χ3v) is 5.41. The molecular formula is C20H19N5O3. The van der Waals surface area contributed by atoms with E-state index >= 15 is 0 Å². The minimum absolute atomic E-state index is 0.0203. The van der Waals surface area contributed by atoms with Crippen molar-refractivity contribution in [3.8, 4) is 5.75 Å². The monoisotopic (exact) mass is 377 g/mol. The van der Waals surface area contributed by atoms with Crippen LogP contribution in [0.4, 0.5) is 0 Å². The van der Waals surface area contributed by atoms with Crippen molar-refractivity contribution < 1.29 is 14.3 Å². The molecule has 2 aliphatic rings. The predicted molar refractivity (Wildman–Crippen MR) is 101 cm³/mol. The zero-order valence-corrected chi connectivity index (χ0v) is 15.2. The molecule has 1 spiro atoms. The van der Waals surface area contributed by atoms with Gasteiger partial charge >= 0.3 is 0 Å². The lowest BCUT2D eigenvalue weighted by Gasteiger charge is -2.44. The van der Waals surface area contributed by atoms with Gasteiger partial charge in [-0.3, -0.25) is 9.59 Å². The number of benzene rings is 2. The summed E-state index contributed by atoms with van der Waals surface area (Å²) in [5, 5.41) is 11.2. The van der Waals surface area contributed by atoms with Crippen LogP contribution in [0.1, 0.15) is 23.2 Å². The Morgan fingerprint density at radius 3 is 2.71 bits per heavy atom. The molecule has 2 aromatic carbocycles. The van der Waals surface area contributed by atoms with Gasteiger partial charge in [-0.05, 0) is 24.3 Å². The molecule has 3 heterocycles. The van der Waals surface area contributed by atoms with Crippen LogP contribution in [0, 0.1) is 0 Å². The summed E-state index contributed by atoms with van der Waals surface area (Å²) in [4.78, 5) is 27.0. The van der Waals surface area contributed by atoms with Gasteiger partial charge in [0.05, 0.1) is 11.1 Å². The van der Waals surface area contributed by atoms with Gasteiger partial charge in [-0.15, -0.1) is 5.10 Å². The first-order valence-corrected chi connectivity index (χ1v) is 9.30. The van der Waals surface area contributed by atoms with Gasteiger partial charge in [0.2, 0.25) is 5.91 Å². The number of piperidine rings is 1. The SMILES string of the molecule is O=C1NC2(CCN(C(=O)Cn3nnc4ccccc43)CC2)Oc2ccccc21. The lowest BCUT2D eigenvalue weighted by atomic mass is 9.97. The Balaban J connectivity index is 1.27. The molecule has 142 valence electrons. The van der Waals surface area contributed by atoms with Crippen LogP contribution in [0.15, 0.2) is 48.5 Å². The Morgan fingerprint density at radius 1 is 1.11 bits per heavy atom. The maximum absolute atomic E-state index is 12.8. The van der Waals surface area contributed by atoms with E-state index in [4.69, 9.17) is 4.74 Å². The number of para-hydroxylation sites is 2. The number of hydrogen-bond acceptors (Lipinski definition) is 5. The second-order valence-electron chi connectivity index (χ2n) is 7.16. The molecule has 1 N–H and O–H groups in total. The van der Waals surface area contributed by atoms with Crippen molar-refractivity contribution >= 4 is 22.8 Å². The number of aromatic nitrogens is 3. The number of likely N-dealkylation sites (tertiary alicyclic amines) is 1. The number of nitrogens with zero attached hydrogens (tertiary/aromatic N) is 4. The van der Waals surface area contributed by atoms with E-state index in [1.165, 1.54) is 0 Å². The highest BCUT2D eigenvalue weighted by molar-refractivity contribution is 5.98. The Hall–Kier alpha value is -3.42. The van der Waals surface area contributed by atoms with Gasteiger partial charge in [-0.25, -0.2) is 4.68 Å². The van der Waals surface area contributed by atoms with Crippen molar-refractivity contribution in [3.05, 3.63) is 54.1 Å². The maximum Gasteiger partial charge on any atom is 0.258 e. The molecule has 0 aliphatic carbocycles. The summed E-state index contributed by atoms with van der Waals surface area (Å²) in [6.45, 7) is 1.16. The van der Waals surface area contributed by atoms with Crippen molar-refractivity contribution in [2.24, 2.45) is 0 Å². The van der Waals surface area contributed by atoms with E-state index in [9.17, 15) is 9.59 Å². The summed E-state index contributed by atoms with van der Waals surface area (Å²) in [6.07, 6.45) is 1.08. The van der Waals surface area contributed by atoms with E-state index < -0.39 is 5.72 Å². The number of hydrogen-bond donors (Lipinski definition) is 1. The number of rotatable bonds is 2. The second-order valence-corrected chi connectivity index (χ2v) is 7.16. The van der Waals surface area contributed by atoms with Crippen LogP contribution >= 0.6 is 0 Å². The van der Waals surface area contributed by atoms with Crippen LogP contribution < -0.4 is 10.1 Å². The summed E-state index contributed by atoms with van der Waals surface area (Å²) in [7, 11) is 0. The minimum Gasteiger partial charge on any atom is -0.467 e. The fourth-order valence-corrected chi connectivity index (χ4v) is 3.86. The lowest BCUT2D eigenvalue weighted by Crippen LogP contribution is -2.61. The number of nitrogens with one attached hydrogen (secondary N) is 1. The number of carbonyl (C=O) groups is 2. The van der Waals surface area contributed by atoms with Gasteiger partial charge < -0.3 is 15.0 Å². The zero-order valence-electron chi connectivity index (χ0n) is 15.2. The Bertz CT molecular complexity index is 1070. The largest absolute Gasteiger partial charge is 0.467 e. The number of amides is 2. The van der Waals surface area contributed by atoms with Gasteiger partial charge in [0, 0.05) is 25.9 Å². The standard InChI is InChI=1S/C20H19N5O3/c26-18(13-25-16-7-3-2-6-15(16)22-23-25)24-11-9-20(10-12-24)21-19(27)14-5-1-4-8-17(14)28-20/h1-8H,9-13H2,(H,21,27). The fourth-order valence-electron chi connectivity index (χ4n) is 3.86. The molecule has 0 atom stereocenters. The molecule has 1 fully saturated rings. The number of carbonyl (C=O) groups excluding carboxylic acids is 2. The molecule has 2 aliphatic heterocycles. The number of ether oxygens (including phenoxy) is 1. The molecule has 1 saturated heterocycles. The van der Waals surface area contributed by atoms with E-state index in [0.29, 0.717) is 37.2 Å². The topological polar surface area (TPSA) is 89.4 Å². The molecule has 0 unspecified atom stereocenters. The molecule has 3 aromatic rings. The van der Waals surface area contributed by atoms with Crippen LogP contribution in [-0.2, 0) is 11.3 Å². The molecule has 0 radical (unpaired) electrons. The van der Waals surface area contributed by atoms with Crippen LogP contribution in [-0.4, -0.2) is 50.5 Å². The van der Waals surface area contributed by atoms with E-state index in [-0.39, 0.29) is 18.4 Å². The van der Waals surface area contributed by atoms with Crippen molar-refractivity contribution in [2.45, 2.75) is 25.1 Å². The summed E-state index contributed by atoms with van der Waals surface area (Å²) in [5.41, 5.74) is 1.40. The van der Waals surface area contributed by atoms with E-state index in [1.54, 1.807) is 15.6 Å². The van der Waals surface area contributed by atoms with Crippen molar-refractivity contribution in [1.82, 2.24) is 25.2 Å². The van der Waals surface area contributed by atoms with E-state index in [0.717, 1.165) is 11.0 Å². The van der Waals surface area contributed by atoms with E-state index in [1.807, 2.05) is 42.5 Å². The molecule has 28 heavy (non-hydrogen) atoms. The van der Waals surface area contributed by atoms with Crippen LogP contribution in [0.3, 0.4) is 0 Å². The Labute approximate surface area is 161 Å². The molecule has 1 aromatic heterocycles. The molecule has 5 rings (SSSR count). The molecule has 8 heteroatoms. The van der Waals surface area contributed by atoms with Gasteiger partial charge in [0.1, 0.15) is 17.8 Å². The molecule has 0 saturated carbocycles. The summed E-state index contributed by atoms with van der Waals surface area (Å²) in [5.74, 6) is 0.448. The molecular weight excluding hydrogens is 358 g/mol. The first-order chi connectivity index (χ1) is 13.6. The van der Waals surface area contributed by atoms with Gasteiger partial charge in [-0.2, -0.15) is 0 Å². The Kier molecular flexibility index (Phi) is 3.78. The molecule has 2 amide bonds. The fraction of sp³-hybridized carbons (Fsp3) is 0.300. The molecule has 0 bridgehead atoms. The highest BCUT2D eigenvalue weighted by Crippen LogP contribution is 2.33. The lowest BCUT2D eigenvalue weighted by molar-refractivity contribution is -0.136. The summed E-state index contributed by atoms with van der Waals surface area (Å²) >= 11 is 0. The minimum atomic E-state index is -0.748. The quantitative estimate of drug-likeness (QED) is 0.732. The Morgan fingerprint density at radius 2 is 1.86 bits per heavy atom. The van der Waals surface area contributed by atoms with Crippen molar-refractivity contribution in [3.63, 3.8) is 0 Å². The smallest absolute Gasteiger partial charge is 0.258 e. The first-order valence-electron chi connectivity index (χ1n) is 9.30. The normalized spacial score (nSPS) is 17.9. The van der Waals surface area contributed by atoms with Gasteiger partial charge in [0.15, 0.2) is 5.72 Å². The van der Waals surface area contributed by atoms with E-state index in [2.05, 4.69) is 15.6 Å². The van der Waals surface area contributed by atoms with Crippen LogP contribution in [0.5, 0.6) is 5.75 Å². The second kappa shape index (κ2) is 6.33. The maximum atomic E-state index is 12.8. The zero-order chi connectivity index (χ0) is 19.1. The predicted octanol–water partition coefficient (Wildman–Crippen LogP) is 1.57. The van der Waals surface area contributed by atoms with Crippen molar-refractivity contribution in [2.75, 3.05) is 13.1 Å². The number of fused-ring (bicyclic) bond motifs is 2. The van der Waals surface area contributed by atoms with Crippen LogP contribution in [0.25, 0.3) is 11.0 Å². The van der Waals surface area contributed by atoms with Crippen LogP contribution in [0.2, 0.25) is 0 Å². The van der Waals surface area contributed by atoms with Crippen molar-refractivity contribution in [1.29, 1.82) is 0 Å². The molecule has 8 nitrogen and oxygen atoms in total.